The van der Waals surface area contributed by atoms with Crippen LogP contribution in [0.3, 0.4) is 0 Å². The molecule has 0 aromatic rings. The zero-order chi connectivity index (χ0) is 3.58. The van der Waals surface area contributed by atoms with Crippen molar-refractivity contribution in [3.05, 3.63) is 0 Å². The van der Waals surface area contributed by atoms with E-state index >= 15 is 0 Å². The van der Waals surface area contributed by atoms with E-state index < -0.39 is 6.68 Å². The van der Waals surface area contributed by atoms with E-state index in [9.17, 15) is 13.2 Å². The first-order chi connectivity index (χ1) is 1.73. The van der Waals surface area contributed by atoms with Crippen molar-refractivity contribution in [3.63, 3.8) is 0 Å². The molecular formula is CHF3Sm+3. The standard InChI is InChI=1S/CHF3.Sm/c2-1(3)4;/h1H;/q;+3. The van der Waals surface area contributed by atoms with Crippen molar-refractivity contribution < 1.29 is 53.6 Å². The third-order valence-electron chi connectivity index (χ3n) is 0. The molecule has 0 heterocycles. The minimum absolute atomic E-state index is 0. The Morgan fingerprint density at radius 2 is 1.00 bits per heavy atom. The molecule has 0 atom stereocenters. The van der Waals surface area contributed by atoms with Gasteiger partial charge in [-0.05, 0) is 0 Å². The molecule has 0 N–H and O–H groups in total. The zero-order valence-electron chi connectivity index (χ0n) is 2.12. The quantitative estimate of drug-likeness (QED) is 0.575. The minimum atomic E-state index is -3.67. The average Bonchev–Trinajstić information content (AvgIpc) is 0.811. The van der Waals surface area contributed by atoms with E-state index in [-0.39, 0.29) is 40.4 Å². The van der Waals surface area contributed by atoms with Crippen molar-refractivity contribution in [3.8, 4) is 0 Å². The van der Waals surface area contributed by atoms with Gasteiger partial charge >= 0.3 is 47.1 Å². The van der Waals surface area contributed by atoms with Gasteiger partial charge in [0.05, 0.1) is 0 Å². The van der Waals surface area contributed by atoms with E-state index in [1.165, 1.54) is 0 Å². The Labute approximate surface area is 59.8 Å². The summed E-state index contributed by atoms with van der Waals surface area (Å²) >= 11 is 0. The van der Waals surface area contributed by atoms with E-state index in [2.05, 4.69) is 0 Å². The normalized spacial score (nSPS) is 7.20. The van der Waals surface area contributed by atoms with Crippen LogP contribution in [0.25, 0.3) is 0 Å². The molecule has 0 unspecified atom stereocenters. The molecule has 4 heteroatoms. The Hall–Kier alpha value is 1.13. The zero-order valence-corrected chi connectivity index (χ0v) is 4.74. The number of halogens is 3. The van der Waals surface area contributed by atoms with Crippen LogP contribution in [-0.4, -0.2) is 6.68 Å². The summed E-state index contributed by atoms with van der Waals surface area (Å²) in [6.07, 6.45) is 0. The van der Waals surface area contributed by atoms with E-state index in [4.69, 9.17) is 0 Å². The summed E-state index contributed by atoms with van der Waals surface area (Å²) in [5, 5.41) is 0. The Morgan fingerprint density at radius 1 is 1.00 bits per heavy atom. The van der Waals surface area contributed by atoms with Crippen molar-refractivity contribution in [2.45, 2.75) is 6.68 Å². The summed E-state index contributed by atoms with van der Waals surface area (Å²) in [6, 6.07) is 0. The van der Waals surface area contributed by atoms with Crippen LogP contribution >= 0.6 is 0 Å². The average molecular weight is 220 g/mol. The largest absolute Gasteiger partial charge is 3.00 e. The molecule has 0 aromatic heterocycles. The number of hydrogen-bond acceptors (Lipinski definition) is 0. The van der Waals surface area contributed by atoms with Crippen LogP contribution in [0.5, 0.6) is 0 Å². The van der Waals surface area contributed by atoms with Gasteiger partial charge in [-0.2, -0.15) is 13.2 Å². The summed E-state index contributed by atoms with van der Waals surface area (Å²) in [7, 11) is 0. The molecule has 0 aliphatic carbocycles. The third-order valence-corrected chi connectivity index (χ3v) is 0. The van der Waals surface area contributed by atoms with Crippen molar-refractivity contribution >= 4 is 0 Å². The number of rotatable bonds is 0. The van der Waals surface area contributed by atoms with Crippen LogP contribution in [-0.2, 0) is 0 Å². The molecule has 29 valence electrons. The molecule has 1 radical (unpaired) electrons. The predicted molar refractivity (Wildman–Crippen MR) is 7.11 cm³/mol. The third kappa shape index (κ3) is 39.4. The fourth-order valence-corrected chi connectivity index (χ4v) is 0. The van der Waals surface area contributed by atoms with Crippen molar-refractivity contribution in [2.24, 2.45) is 0 Å². The first-order valence-electron chi connectivity index (χ1n) is 0.655. The van der Waals surface area contributed by atoms with Gasteiger partial charge in [0.25, 0.3) is 0 Å². The maximum Gasteiger partial charge on any atom is 3.00 e. The number of hydrogen-bond donors (Lipinski definition) is 0. The van der Waals surface area contributed by atoms with Crippen LogP contribution in [0.1, 0.15) is 0 Å². The van der Waals surface area contributed by atoms with E-state index in [0.29, 0.717) is 0 Å². The minimum Gasteiger partial charge on any atom is -0.174 e. The molecule has 0 rings (SSSR count). The van der Waals surface area contributed by atoms with Gasteiger partial charge in [-0.15, -0.1) is 0 Å². The van der Waals surface area contributed by atoms with Gasteiger partial charge < -0.3 is 0 Å². The second-order valence-corrected chi connectivity index (χ2v) is 0.247. The molecule has 0 spiro atoms. The maximum atomic E-state index is 9.67. The second-order valence-electron chi connectivity index (χ2n) is 0.247. The summed E-state index contributed by atoms with van der Waals surface area (Å²) in [6.45, 7) is -3.67. The molecule has 0 aliphatic heterocycles. The molecule has 0 nitrogen and oxygen atoms in total. The van der Waals surface area contributed by atoms with Crippen LogP contribution < -0.4 is 0 Å². The molecule has 0 saturated carbocycles. The topological polar surface area (TPSA) is 0 Å². The van der Waals surface area contributed by atoms with Gasteiger partial charge in [-0.25, -0.2) is 0 Å². The van der Waals surface area contributed by atoms with E-state index in [0.717, 1.165) is 0 Å². The Balaban J connectivity index is 0. The predicted octanol–water partition coefficient (Wildman–Crippen LogP) is 1.18. The molecule has 0 aliphatic rings. The van der Waals surface area contributed by atoms with Crippen LogP contribution in [0.2, 0.25) is 0 Å². The van der Waals surface area contributed by atoms with Gasteiger partial charge in [0.15, 0.2) is 0 Å². The van der Waals surface area contributed by atoms with Crippen LogP contribution in [0.4, 0.5) is 13.2 Å². The molecule has 0 bridgehead atoms. The van der Waals surface area contributed by atoms with Crippen molar-refractivity contribution in [1.29, 1.82) is 0 Å². The van der Waals surface area contributed by atoms with Crippen LogP contribution in [0.15, 0.2) is 0 Å². The first kappa shape index (κ1) is 9.46. The molecular weight excluding hydrogens is 219 g/mol. The molecule has 0 fully saturated rings. The molecule has 0 aromatic carbocycles. The summed E-state index contributed by atoms with van der Waals surface area (Å²) < 4.78 is 29.0. The fraction of sp³-hybridized carbons (Fsp3) is 1.00. The number of alkyl halides is 3. The molecule has 0 amide bonds. The molecule has 5 heavy (non-hydrogen) atoms. The van der Waals surface area contributed by atoms with E-state index in [1.54, 1.807) is 0 Å². The molecule has 0 saturated heterocycles. The Kier molecular flexibility index (Phi) is 9.70. The van der Waals surface area contributed by atoms with Crippen molar-refractivity contribution in [1.82, 2.24) is 0 Å². The first-order valence-corrected chi connectivity index (χ1v) is 0.655. The van der Waals surface area contributed by atoms with E-state index in [1.807, 2.05) is 0 Å². The van der Waals surface area contributed by atoms with Gasteiger partial charge in [-0.3, -0.25) is 0 Å². The second kappa shape index (κ2) is 5.13. The van der Waals surface area contributed by atoms with Gasteiger partial charge in [0, 0.05) is 0 Å². The summed E-state index contributed by atoms with van der Waals surface area (Å²) in [5.74, 6) is 0. The van der Waals surface area contributed by atoms with Gasteiger partial charge in [0.2, 0.25) is 0 Å². The fourth-order valence-electron chi connectivity index (χ4n) is 0. The van der Waals surface area contributed by atoms with Crippen LogP contribution in [0, 0.1) is 40.4 Å². The monoisotopic (exact) mass is 222 g/mol. The SMILES string of the molecule is FC(F)F.[Sm+3]. The smallest absolute Gasteiger partial charge is 0.174 e. The maximum absolute atomic E-state index is 9.67. The van der Waals surface area contributed by atoms with Gasteiger partial charge in [0.1, 0.15) is 0 Å². The summed E-state index contributed by atoms with van der Waals surface area (Å²) in [4.78, 5) is 0. The summed E-state index contributed by atoms with van der Waals surface area (Å²) in [5.41, 5.74) is 0. The Bertz CT molecular complexity index is 11.6. The van der Waals surface area contributed by atoms with Crippen molar-refractivity contribution in [2.75, 3.05) is 0 Å². The van der Waals surface area contributed by atoms with Gasteiger partial charge in [-0.1, -0.05) is 0 Å². The Morgan fingerprint density at radius 3 is 1.00 bits per heavy atom.